The van der Waals surface area contributed by atoms with E-state index in [1.54, 1.807) is 0 Å². The van der Waals surface area contributed by atoms with Gasteiger partial charge in [-0.15, -0.1) is 11.3 Å². The molecular weight excluding hydrogens is 402 g/mol. The molecule has 1 heterocycles. The number of carboxylic acid groups (broad SMARTS) is 1. The molecule has 0 amide bonds. The first-order valence-electron chi connectivity index (χ1n) is 6.49. The second-order valence-electron chi connectivity index (χ2n) is 5.09. The van der Waals surface area contributed by atoms with E-state index in [2.05, 4.69) is 20.7 Å². The summed E-state index contributed by atoms with van der Waals surface area (Å²) < 4.78 is 27.8. The normalized spacial score (nSPS) is 19.1. The Morgan fingerprint density at radius 3 is 2.33 bits per heavy atom. The van der Waals surface area contributed by atoms with Crippen molar-refractivity contribution in [2.45, 2.75) is 48.3 Å². The van der Waals surface area contributed by atoms with Gasteiger partial charge in [0, 0.05) is 0 Å². The predicted octanol–water partition coefficient (Wildman–Crippen LogP) is 3.62. The van der Waals surface area contributed by atoms with Gasteiger partial charge < -0.3 is 5.11 Å². The van der Waals surface area contributed by atoms with E-state index in [1.165, 1.54) is 6.07 Å². The lowest BCUT2D eigenvalue weighted by Gasteiger charge is -2.28. The second kappa shape index (κ2) is 6.54. The highest BCUT2D eigenvalue weighted by Gasteiger charge is 2.42. The van der Waals surface area contributed by atoms with Gasteiger partial charge >= 0.3 is 5.97 Å². The van der Waals surface area contributed by atoms with Gasteiger partial charge in [0.1, 0.15) is 9.75 Å². The smallest absolute Gasteiger partial charge is 0.324 e. The van der Waals surface area contributed by atoms with Crippen molar-refractivity contribution >= 4 is 54.9 Å². The molecule has 1 saturated carbocycles. The predicted molar refractivity (Wildman–Crippen MR) is 85.4 cm³/mol. The summed E-state index contributed by atoms with van der Waals surface area (Å²) in [5.41, 5.74) is -1.42. The maximum atomic E-state index is 12.4. The van der Waals surface area contributed by atoms with E-state index in [4.69, 9.17) is 11.6 Å². The molecule has 1 aromatic rings. The van der Waals surface area contributed by atoms with E-state index in [-0.39, 0.29) is 4.21 Å². The fourth-order valence-electron chi connectivity index (χ4n) is 2.46. The molecule has 5 nitrogen and oxygen atoms in total. The molecule has 0 aliphatic heterocycles. The number of rotatable bonds is 4. The summed E-state index contributed by atoms with van der Waals surface area (Å²) >= 11 is 9.99. The topological polar surface area (TPSA) is 83.5 Å². The molecule has 1 aliphatic carbocycles. The highest BCUT2D eigenvalue weighted by molar-refractivity contribution is 9.11. The number of hydrogen-bond acceptors (Lipinski definition) is 4. The van der Waals surface area contributed by atoms with Gasteiger partial charge in [0.05, 0.1) is 8.81 Å². The Hall–Kier alpha value is -0.150. The van der Waals surface area contributed by atoms with Gasteiger partial charge in [-0.1, -0.05) is 37.3 Å². The molecule has 1 fully saturated rings. The van der Waals surface area contributed by atoms with Gasteiger partial charge in [-0.2, -0.15) is 4.72 Å². The van der Waals surface area contributed by atoms with Gasteiger partial charge in [-0.3, -0.25) is 4.79 Å². The van der Waals surface area contributed by atoms with Crippen LogP contribution in [-0.4, -0.2) is 25.0 Å². The molecule has 1 aliphatic rings. The summed E-state index contributed by atoms with van der Waals surface area (Å²) in [7, 11) is -3.91. The largest absolute Gasteiger partial charge is 0.480 e. The number of thiophene rings is 1. The number of hydrogen-bond donors (Lipinski definition) is 2. The maximum absolute atomic E-state index is 12.4. The van der Waals surface area contributed by atoms with Gasteiger partial charge in [0.2, 0.25) is 0 Å². The van der Waals surface area contributed by atoms with Crippen LogP contribution in [0.4, 0.5) is 0 Å². The van der Waals surface area contributed by atoms with Crippen molar-refractivity contribution in [3.05, 3.63) is 14.9 Å². The van der Waals surface area contributed by atoms with Crippen LogP contribution in [0.25, 0.3) is 0 Å². The van der Waals surface area contributed by atoms with Crippen molar-refractivity contribution in [2.24, 2.45) is 0 Å². The van der Waals surface area contributed by atoms with Crippen molar-refractivity contribution in [3.8, 4) is 0 Å². The van der Waals surface area contributed by atoms with Crippen LogP contribution in [0, 0.1) is 0 Å². The Balaban J connectivity index is 2.33. The molecule has 2 rings (SSSR count). The number of aliphatic carboxylic acids is 1. The SMILES string of the molecule is O=C(O)C1(NS(=O)(=O)c2cc(Cl)c(Br)s2)CCCCCC1. The number of carbonyl (C=O) groups is 1. The third-order valence-corrected chi connectivity index (χ3v) is 8.07. The second-order valence-corrected chi connectivity index (χ2v) is 9.78. The first-order valence-corrected chi connectivity index (χ1v) is 9.96. The van der Waals surface area contributed by atoms with Gasteiger partial charge in [0.15, 0.2) is 0 Å². The van der Waals surface area contributed by atoms with Crippen molar-refractivity contribution in [1.82, 2.24) is 4.72 Å². The summed E-state index contributed by atoms with van der Waals surface area (Å²) in [4.78, 5) is 11.7. The molecule has 0 atom stereocenters. The zero-order chi connectivity index (χ0) is 15.7. The zero-order valence-corrected chi connectivity index (χ0v) is 15.0. The van der Waals surface area contributed by atoms with Crippen LogP contribution in [0.1, 0.15) is 38.5 Å². The lowest BCUT2D eigenvalue weighted by atomic mass is 9.92. The van der Waals surface area contributed by atoms with Crippen LogP contribution in [0.3, 0.4) is 0 Å². The van der Waals surface area contributed by atoms with Crippen molar-refractivity contribution < 1.29 is 18.3 Å². The van der Waals surface area contributed by atoms with Crippen molar-refractivity contribution in [2.75, 3.05) is 0 Å². The summed E-state index contributed by atoms with van der Waals surface area (Å²) in [5.74, 6) is -1.12. The molecule has 0 aromatic carbocycles. The Bertz CT molecular complexity index is 616. The average molecular weight is 417 g/mol. The fourth-order valence-corrected chi connectivity index (χ4v) is 6.27. The van der Waals surface area contributed by atoms with Crippen molar-refractivity contribution in [1.29, 1.82) is 0 Å². The quantitative estimate of drug-likeness (QED) is 0.734. The Labute approximate surface area is 140 Å². The van der Waals surface area contributed by atoms with Crippen molar-refractivity contribution in [3.63, 3.8) is 0 Å². The van der Waals surface area contributed by atoms with Crippen LogP contribution in [-0.2, 0) is 14.8 Å². The number of nitrogens with one attached hydrogen (secondary N) is 1. The van der Waals surface area contributed by atoms with E-state index in [0.29, 0.717) is 34.5 Å². The van der Waals surface area contributed by atoms with E-state index in [9.17, 15) is 18.3 Å². The maximum Gasteiger partial charge on any atom is 0.324 e. The van der Waals surface area contributed by atoms with E-state index in [0.717, 1.165) is 24.2 Å². The fraction of sp³-hybridized carbons (Fsp3) is 0.583. The molecule has 0 bridgehead atoms. The molecule has 2 N–H and O–H groups in total. The zero-order valence-electron chi connectivity index (χ0n) is 11.1. The molecule has 21 heavy (non-hydrogen) atoms. The first kappa shape index (κ1) is 17.2. The summed E-state index contributed by atoms with van der Waals surface area (Å²) in [5, 5.41) is 9.82. The Morgan fingerprint density at radius 1 is 1.33 bits per heavy atom. The highest BCUT2D eigenvalue weighted by Crippen LogP contribution is 2.36. The van der Waals surface area contributed by atoms with Crippen LogP contribution >= 0.6 is 38.9 Å². The van der Waals surface area contributed by atoms with E-state index in [1.807, 2.05) is 0 Å². The van der Waals surface area contributed by atoms with Gasteiger partial charge in [-0.25, -0.2) is 8.42 Å². The average Bonchev–Trinajstić information content (AvgIpc) is 2.62. The highest BCUT2D eigenvalue weighted by atomic mass is 79.9. The summed E-state index contributed by atoms with van der Waals surface area (Å²) in [6.07, 6.45) is 3.86. The molecule has 9 heteroatoms. The molecule has 0 spiro atoms. The molecule has 0 radical (unpaired) electrons. The van der Waals surface area contributed by atoms with Crippen LogP contribution in [0.2, 0.25) is 5.02 Å². The molecule has 118 valence electrons. The Morgan fingerprint density at radius 2 is 1.90 bits per heavy atom. The minimum absolute atomic E-state index is 0.0178. The van der Waals surface area contributed by atoms with Gasteiger partial charge in [-0.05, 0) is 34.8 Å². The number of sulfonamides is 1. The lowest BCUT2D eigenvalue weighted by molar-refractivity contribution is -0.144. The molecule has 0 unspecified atom stereocenters. The summed E-state index contributed by atoms with van der Waals surface area (Å²) in [6, 6.07) is 1.32. The molecule has 0 saturated heterocycles. The standard InChI is InChI=1S/C12H15BrClNO4S2/c13-10-8(14)7-9(20-10)21(18,19)15-12(11(16)17)5-3-1-2-4-6-12/h7,15H,1-6H2,(H,16,17). The van der Waals surface area contributed by atoms with Gasteiger partial charge in [0.25, 0.3) is 10.0 Å². The number of halogens is 2. The third kappa shape index (κ3) is 3.79. The summed E-state index contributed by atoms with van der Waals surface area (Å²) in [6.45, 7) is 0. The molecular formula is C12H15BrClNO4S2. The minimum Gasteiger partial charge on any atom is -0.480 e. The number of carboxylic acids is 1. The minimum atomic E-state index is -3.91. The third-order valence-electron chi connectivity index (χ3n) is 3.58. The van der Waals surface area contributed by atoms with Crippen LogP contribution < -0.4 is 4.72 Å². The monoisotopic (exact) mass is 415 g/mol. The van der Waals surface area contributed by atoms with Crippen LogP contribution in [0.15, 0.2) is 14.1 Å². The van der Waals surface area contributed by atoms with E-state index >= 15 is 0 Å². The lowest BCUT2D eigenvalue weighted by Crippen LogP contribution is -2.53. The Kier molecular flexibility index (Phi) is 5.36. The van der Waals surface area contributed by atoms with E-state index < -0.39 is 21.5 Å². The molecule has 1 aromatic heterocycles. The first-order chi connectivity index (χ1) is 9.77. The van der Waals surface area contributed by atoms with Crippen LogP contribution in [0.5, 0.6) is 0 Å².